The third-order valence-corrected chi connectivity index (χ3v) is 11.3. The van der Waals surface area contributed by atoms with Crippen LogP contribution < -0.4 is 11.3 Å². The molecule has 0 fully saturated rings. The van der Waals surface area contributed by atoms with E-state index >= 15 is 0 Å². The molecule has 304 valence electrons. The van der Waals surface area contributed by atoms with Crippen LogP contribution in [-0.4, -0.2) is 18.9 Å². The Balaban J connectivity index is 1.12. The zero-order valence-corrected chi connectivity index (χ0v) is 34.6. The van der Waals surface area contributed by atoms with Gasteiger partial charge in [0.15, 0.2) is 6.79 Å². The molecule has 7 nitrogen and oxygen atoms in total. The van der Waals surface area contributed by atoms with E-state index in [1.165, 1.54) is 36.8 Å². The number of hydrogen-bond donors (Lipinski definition) is 0. The number of benzene rings is 4. The van der Waals surface area contributed by atoms with E-state index in [-0.39, 0.29) is 36.0 Å². The van der Waals surface area contributed by atoms with Gasteiger partial charge in [0.05, 0.1) is 23.1 Å². The number of aryl methyl sites for hydroxylation is 4. The highest BCUT2D eigenvalue weighted by Gasteiger charge is 2.17. The lowest BCUT2D eigenvalue weighted by Crippen LogP contribution is -2.21. The summed E-state index contributed by atoms with van der Waals surface area (Å²) in [5, 5.41) is 1.72. The molecule has 0 saturated heterocycles. The summed E-state index contributed by atoms with van der Waals surface area (Å²) in [6, 6.07) is 32.2. The van der Waals surface area contributed by atoms with Gasteiger partial charge in [-0.25, -0.2) is 9.59 Å². The first kappa shape index (κ1) is 42.3. The second-order valence-electron chi connectivity index (χ2n) is 15.7. The molecule has 0 aliphatic carbocycles. The number of rotatable bonds is 21. The Morgan fingerprint density at radius 2 is 1.02 bits per heavy atom. The van der Waals surface area contributed by atoms with Crippen molar-refractivity contribution in [2.24, 2.45) is 5.92 Å². The Bertz CT molecular complexity index is 2210. The number of fused-ring (bicyclic) bond motifs is 2. The Morgan fingerprint density at radius 3 is 1.45 bits per heavy atom. The molecule has 0 N–H and O–H groups in total. The molecule has 0 bridgehead atoms. The van der Waals surface area contributed by atoms with E-state index in [4.69, 9.17) is 18.3 Å². The highest BCUT2D eigenvalue weighted by molar-refractivity contribution is 5.83. The van der Waals surface area contributed by atoms with Crippen molar-refractivity contribution in [1.82, 2.24) is 0 Å². The average Bonchev–Trinajstić information content (AvgIpc) is 3.24. The number of unbranched alkanes of at least 4 members (excludes halogenated alkanes) is 4. The van der Waals surface area contributed by atoms with E-state index in [2.05, 4.69) is 50.2 Å². The first-order valence-electron chi connectivity index (χ1n) is 21.3. The number of carbonyl (C=O) groups excluding carboxylic acids is 1. The van der Waals surface area contributed by atoms with Crippen LogP contribution in [0.3, 0.4) is 0 Å². The van der Waals surface area contributed by atoms with E-state index in [0.29, 0.717) is 54.4 Å². The second-order valence-corrected chi connectivity index (χ2v) is 15.7. The summed E-state index contributed by atoms with van der Waals surface area (Å²) in [5.74, 6) is -0.479. The highest BCUT2D eigenvalue weighted by Crippen LogP contribution is 2.26. The Hall–Kier alpha value is -5.27. The molecular weight excluding hydrogens is 725 g/mol. The van der Waals surface area contributed by atoms with Gasteiger partial charge in [0.1, 0.15) is 11.2 Å². The van der Waals surface area contributed by atoms with Crippen molar-refractivity contribution in [1.29, 1.82) is 0 Å². The number of hydrogen-bond acceptors (Lipinski definition) is 7. The van der Waals surface area contributed by atoms with E-state index in [0.717, 1.165) is 58.7 Å². The van der Waals surface area contributed by atoms with Crippen molar-refractivity contribution < 1.29 is 23.1 Å². The first-order valence-corrected chi connectivity index (χ1v) is 21.3. The molecule has 0 aliphatic heterocycles. The van der Waals surface area contributed by atoms with Gasteiger partial charge in [-0.1, -0.05) is 126 Å². The summed E-state index contributed by atoms with van der Waals surface area (Å²) < 4.78 is 23.3. The van der Waals surface area contributed by atoms with Crippen LogP contribution in [0.1, 0.15) is 108 Å². The van der Waals surface area contributed by atoms with Gasteiger partial charge in [-0.3, -0.25) is 4.79 Å². The van der Waals surface area contributed by atoms with Crippen LogP contribution in [-0.2, 0) is 40.0 Å². The Kier molecular flexibility index (Phi) is 15.3. The van der Waals surface area contributed by atoms with E-state index < -0.39 is 0 Å². The summed E-state index contributed by atoms with van der Waals surface area (Å²) in [6.45, 7) is 8.08. The van der Waals surface area contributed by atoms with Gasteiger partial charge >= 0.3 is 17.2 Å². The molecule has 0 radical (unpaired) electrons. The van der Waals surface area contributed by atoms with Gasteiger partial charge < -0.3 is 18.3 Å². The van der Waals surface area contributed by atoms with Crippen LogP contribution in [0.25, 0.3) is 44.2 Å². The summed E-state index contributed by atoms with van der Waals surface area (Å²) >= 11 is 0. The molecule has 7 heteroatoms. The normalized spacial score (nSPS) is 12.1. The van der Waals surface area contributed by atoms with Gasteiger partial charge in [0.2, 0.25) is 0 Å². The molecule has 0 saturated carbocycles. The lowest BCUT2D eigenvalue weighted by Gasteiger charge is -2.19. The average molecular weight is 783 g/mol. The van der Waals surface area contributed by atoms with Crippen LogP contribution >= 0.6 is 0 Å². The molecule has 6 rings (SSSR count). The number of esters is 1. The monoisotopic (exact) mass is 782 g/mol. The number of ether oxygens (including phenoxy) is 2. The minimum absolute atomic E-state index is 0.127. The molecule has 0 spiro atoms. The summed E-state index contributed by atoms with van der Waals surface area (Å²) in [7, 11) is 0. The lowest BCUT2D eigenvalue weighted by molar-refractivity contribution is -0.165. The van der Waals surface area contributed by atoms with Gasteiger partial charge in [-0.2, -0.15) is 0 Å². The predicted octanol–water partition coefficient (Wildman–Crippen LogP) is 12.2. The van der Waals surface area contributed by atoms with Crippen LogP contribution in [0.15, 0.2) is 115 Å². The predicted molar refractivity (Wildman–Crippen MR) is 234 cm³/mol. The zero-order chi connectivity index (χ0) is 40.9. The quantitative estimate of drug-likeness (QED) is 0.0310. The molecule has 6 aromatic rings. The zero-order valence-electron chi connectivity index (χ0n) is 34.6. The minimum atomic E-state index is -0.359. The third kappa shape index (κ3) is 11.4. The standard InChI is InChI=1S/C51H58O7/c1-5-8-10-12-36-14-22-40(23-15-36)45-32-42-26-18-38(30-47(42)57-50(45)53)20-28-44(55-34-56-49(52)35(4)7-3)29-21-39-19-27-43-33-46(51(54)58-48(43)31-39)41-24-16-37(17-25-41)13-11-9-6-2/h14-19,22-27,30-33,35,44H,5-13,20-21,28-29,34H2,1-4H3. The molecule has 2 aromatic heterocycles. The third-order valence-electron chi connectivity index (χ3n) is 11.3. The molecule has 1 unspecified atom stereocenters. The van der Waals surface area contributed by atoms with Gasteiger partial charge in [-0.15, -0.1) is 0 Å². The lowest BCUT2D eigenvalue weighted by atomic mass is 9.98. The van der Waals surface area contributed by atoms with Crippen molar-refractivity contribution in [2.75, 3.05) is 6.79 Å². The summed E-state index contributed by atoms with van der Waals surface area (Å²) in [6.07, 6.45) is 12.3. The Labute approximate surface area is 342 Å². The first-order chi connectivity index (χ1) is 28.2. The topological polar surface area (TPSA) is 96.0 Å². The van der Waals surface area contributed by atoms with Crippen molar-refractivity contribution >= 4 is 27.9 Å². The molecule has 2 heterocycles. The SMILES string of the molecule is CCCCCc1ccc(-c2cc3ccc(CCC(CCc4ccc5cc(-c6ccc(CCCCC)cc6)c(=O)oc5c4)OCOC(=O)C(C)CC)cc3oc2=O)cc1. The minimum Gasteiger partial charge on any atom is -0.438 e. The maximum Gasteiger partial charge on any atom is 0.344 e. The largest absolute Gasteiger partial charge is 0.438 e. The van der Waals surface area contributed by atoms with Crippen LogP contribution in [0.4, 0.5) is 0 Å². The van der Waals surface area contributed by atoms with Crippen molar-refractivity contribution in [2.45, 2.75) is 117 Å². The molecule has 58 heavy (non-hydrogen) atoms. The molecule has 1 atom stereocenters. The van der Waals surface area contributed by atoms with Crippen LogP contribution in [0.5, 0.6) is 0 Å². The van der Waals surface area contributed by atoms with Gasteiger partial charge in [-0.05, 0) is 115 Å². The fourth-order valence-electron chi connectivity index (χ4n) is 7.35. The van der Waals surface area contributed by atoms with E-state index in [9.17, 15) is 14.4 Å². The summed E-state index contributed by atoms with van der Waals surface area (Å²) in [5.41, 5.74) is 7.76. The van der Waals surface area contributed by atoms with E-state index in [1.54, 1.807) is 0 Å². The molecule has 4 aromatic carbocycles. The second kappa shape index (κ2) is 20.9. The van der Waals surface area contributed by atoms with Gasteiger partial charge in [0.25, 0.3) is 0 Å². The maximum absolute atomic E-state index is 13.1. The van der Waals surface area contributed by atoms with E-state index in [1.807, 2.05) is 74.5 Å². The van der Waals surface area contributed by atoms with Crippen molar-refractivity contribution in [3.63, 3.8) is 0 Å². The van der Waals surface area contributed by atoms with Crippen LogP contribution in [0, 0.1) is 5.92 Å². The number of carbonyl (C=O) groups is 1. The fourth-order valence-corrected chi connectivity index (χ4v) is 7.35. The summed E-state index contributed by atoms with van der Waals surface area (Å²) in [4.78, 5) is 38.7. The smallest absolute Gasteiger partial charge is 0.344 e. The maximum atomic E-state index is 13.1. The Morgan fingerprint density at radius 1 is 0.569 bits per heavy atom. The molecule has 0 aliphatic rings. The van der Waals surface area contributed by atoms with Crippen molar-refractivity contribution in [3.8, 4) is 22.3 Å². The molecule has 0 amide bonds. The highest BCUT2D eigenvalue weighted by atomic mass is 16.7. The van der Waals surface area contributed by atoms with Gasteiger partial charge in [0, 0.05) is 10.8 Å². The molecular formula is C51H58O7. The van der Waals surface area contributed by atoms with Crippen LogP contribution in [0.2, 0.25) is 0 Å². The fraction of sp³-hybridized carbons (Fsp3) is 0.392. The van der Waals surface area contributed by atoms with Crippen molar-refractivity contribution in [3.05, 3.63) is 140 Å².